The number of hydrogen-bond acceptors (Lipinski definition) is 2. The molecule has 0 spiro atoms. The lowest BCUT2D eigenvalue weighted by molar-refractivity contribution is 1.20. The zero-order chi connectivity index (χ0) is 26.9. The molecule has 0 aliphatic rings. The highest BCUT2D eigenvalue weighted by Gasteiger charge is 2.17. The maximum atomic E-state index is 3.94. The van der Waals surface area contributed by atoms with Crippen molar-refractivity contribution in [1.29, 1.82) is 0 Å². The summed E-state index contributed by atoms with van der Waals surface area (Å²) in [5.41, 5.74) is 10.3. The van der Waals surface area contributed by atoms with Gasteiger partial charge in [-0.2, -0.15) is 0 Å². The molecule has 196 valence electrons. The molecule has 0 saturated carbocycles. The summed E-state index contributed by atoms with van der Waals surface area (Å²) >= 11 is 3.65. The van der Waals surface area contributed by atoms with Crippen LogP contribution >= 0.6 is 22.7 Å². The topological polar surface area (TPSA) is 0 Å². The largest absolute Gasteiger partial charge is 0.279 e. The van der Waals surface area contributed by atoms with Crippen LogP contribution in [0.3, 0.4) is 0 Å². The van der Waals surface area contributed by atoms with E-state index in [1.807, 2.05) is 22.7 Å². The lowest BCUT2D eigenvalue weighted by Crippen LogP contribution is -2.29. The van der Waals surface area contributed by atoms with Gasteiger partial charge in [-0.3, -0.25) is 11.1 Å². The zero-order valence-electron chi connectivity index (χ0n) is 23.7. The van der Waals surface area contributed by atoms with E-state index in [2.05, 4.69) is 112 Å². The van der Waals surface area contributed by atoms with Gasteiger partial charge in [-0.15, -0.1) is 70.8 Å². The highest BCUT2D eigenvalue weighted by molar-refractivity contribution is 7.17. The Hall–Kier alpha value is -2.35. The smallest absolute Gasteiger partial charge is 0.0368 e. The second-order valence-corrected chi connectivity index (χ2v) is 22.4. The summed E-state index contributed by atoms with van der Waals surface area (Å²) in [4.78, 5) is 0. The minimum atomic E-state index is -1.60. The molecule has 0 unspecified atom stereocenters. The predicted molar refractivity (Wildman–Crippen MR) is 180 cm³/mol. The Balaban J connectivity index is 1.96. The molecule has 0 aliphatic heterocycles. The second-order valence-electron chi connectivity index (χ2n) is 10.6. The summed E-state index contributed by atoms with van der Waals surface area (Å²) in [5.74, 6) is 7.70. The van der Waals surface area contributed by atoms with Crippen molar-refractivity contribution in [3.8, 4) is 22.9 Å². The van der Waals surface area contributed by atoms with Crippen LogP contribution in [0.15, 0.2) is 47.2 Å². The molecule has 5 aromatic rings. The van der Waals surface area contributed by atoms with Crippen LogP contribution in [-0.4, -0.2) is 16.1 Å². The molecule has 4 heteroatoms. The van der Waals surface area contributed by atoms with Gasteiger partial charge < -0.3 is 0 Å². The fourth-order valence-electron chi connectivity index (χ4n) is 5.83. The molecule has 0 amide bonds. The Labute approximate surface area is 238 Å². The van der Waals surface area contributed by atoms with Crippen LogP contribution < -0.4 is 0 Å². The van der Waals surface area contributed by atoms with Crippen LogP contribution in [0.4, 0.5) is 0 Å². The summed E-state index contributed by atoms with van der Waals surface area (Å²) in [5, 5.41) is 12.2. The Morgan fingerprint density at radius 3 is 1.21 bits per heavy atom. The molecule has 0 aliphatic carbocycles. The third-order valence-electron chi connectivity index (χ3n) is 9.23. The molecule has 0 radical (unpaired) electrons. The first-order valence-corrected chi connectivity index (χ1v) is 21.3. The molecule has 3 aromatic carbocycles. The van der Waals surface area contributed by atoms with Gasteiger partial charge in [0.15, 0.2) is 0 Å². The van der Waals surface area contributed by atoms with Crippen LogP contribution in [0.2, 0.25) is 36.3 Å². The van der Waals surface area contributed by atoms with E-state index in [1.54, 1.807) is 0 Å². The van der Waals surface area contributed by atoms with E-state index in [1.165, 1.54) is 89.1 Å². The van der Waals surface area contributed by atoms with E-state index < -0.39 is 16.1 Å². The standard InChI is InChI=1S/C34H38S2Si2/c1-7-37(8-2,9-3)19-15-27-29-21-25-13-17-36-34(25)24-32(29)28(16-20-38(10-4,11-5)12-6)30-22-26-14-18-35-33(26)23-31(27)30/h13-14,17-18,21-24H,7-12H2,1-6H3/q-2. The molecule has 0 atom stereocenters. The van der Waals surface area contributed by atoms with Crippen molar-refractivity contribution in [2.24, 2.45) is 0 Å². The minimum absolute atomic E-state index is 1.21. The molecular formula is C34H38S2Si2-2. The fraction of sp³-hybridized carbons (Fsp3) is 0.353. The summed E-state index contributed by atoms with van der Waals surface area (Å²) in [6.07, 6.45) is 0. The van der Waals surface area contributed by atoms with Gasteiger partial charge in [-0.1, -0.05) is 57.7 Å². The third kappa shape index (κ3) is 4.67. The Morgan fingerprint density at radius 1 is 0.526 bits per heavy atom. The number of rotatable bonds is 6. The van der Waals surface area contributed by atoms with Crippen molar-refractivity contribution in [1.82, 2.24) is 0 Å². The van der Waals surface area contributed by atoms with E-state index in [9.17, 15) is 0 Å². The molecule has 2 aromatic heterocycles. The number of benzene rings is 3. The Bertz CT molecular complexity index is 1520. The minimum Gasteiger partial charge on any atom is -0.279 e. The molecule has 0 saturated heterocycles. The molecule has 2 heterocycles. The van der Waals surface area contributed by atoms with Crippen LogP contribution in [0, 0.1) is 22.9 Å². The predicted octanol–water partition coefficient (Wildman–Crippen LogP) is 11.2. The average molecular weight is 567 g/mol. The SMILES string of the molecule is CC[Si-](C#Cc1c2cc3ccsc3cc2c(C#C[Si-](CC)(CC)CC)c2cc3ccsc3cc12)(CC)CC. The number of fused-ring (bicyclic) bond motifs is 4. The average Bonchev–Trinajstić information content (AvgIpc) is 3.62. The van der Waals surface area contributed by atoms with Crippen LogP contribution in [0.25, 0.3) is 41.7 Å². The molecule has 0 bridgehead atoms. The van der Waals surface area contributed by atoms with Crippen LogP contribution in [0.1, 0.15) is 52.7 Å². The first kappa shape index (κ1) is 27.2. The lowest BCUT2D eigenvalue weighted by atomic mass is 9.91. The summed E-state index contributed by atoms with van der Waals surface area (Å²) in [7, 11) is -3.21. The van der Waals surface area contributed by atoms with Gasteiger partial charge in [0.25, 0.3) is 0 Å². The maximum Gasteiger partial charge on any atom is 0.0368 e. The molecule has 5 rings (SSSR count). The number of hydrogen-bond donors (Lipinski definition) is 0. The Morgan fingerprint density at radius 2 is 0.868 bits per heavy atom. The Kier molecular flexibility index (Phi) is 7.90. The van der Waals surface area contributed by atoms with Gasteiger partial charge in [0, 0.05) is 31.3 Å². The summed E-state index contributed by atoms with van der Waals surface area (Å²) < 4.78 is 2.67. The van der Waals surface area contributed by atoms with E-state index in [-0.39, 0.29) is 0 Å². The lowest BCUT2D eigenvalue weighted by Gasteiger charge is -2.34. The summed E-state index contributed by atoms with van der Waals surface area (Å²) in [6.45, 7) is 14.1. The van der Waals surface area contributed by atoms with Gasteiger partial charge in [-0.25, -0.2) is 0 Å². The first-order valence-electron chi connectivity index (χ1n) is 14.3. The van der Waals surface area contributed by atoms with Gasteiger partial charge in [0.1, 0.15) is 0 Å². The molecule has 38 heavy (non-hydrogen) atoms. The fourth-order valence-corrected chi connectivity index (χ4v) is 12.3. The quantitative estimate of drug-likeness (QED) is 0.109. The van der Waals surface area contributed by atoms with Crippen molar-refractivity contribution in [2.75, 3.05) is 0 Å². The van der Waals surface area contributed by atoms with E-state index >= 15 is 0 Å². The van der Waals surface area contributed by atoms with Crippen molar-refractivity contribution in [3.63, 3.8) is 0 Å². The maximum absolute atomic E-state index is 3.94. The molecule has 0 N–H and O–H groups in total. The van der Waals surface area contributed by atoms with E-state index in [4.69, 9.17) is 0 Å². The summed E-state index contributed by atoms with van der Waals surface area (Å²) in [6, 6.07) is 21.4. The van der Waals surface area contributed by atoms with Crippen molar-refractivity contribution >= 4 is 80.5 Å². The van der Waals surface area contributed by atoms with E-state index in [0.29, 0.717) is 0 Å². The molecule has 0 fully saturated rings. The monoisotopic (exact) mass is 566 g/mol. The van der Waals surface area contributed by atoms with Crippen molar-refractivity contribution in [2.45, 2.75) is 77.8 Å². The molecular weight excluding hydrogens is 529 g/mol. The van der Waals surface area contributed by atoms with Crippen molar-refractivity contribution < 1.29 is 0 Å². The van der Waals surface area contributed by atoms with Gasteiger partial charge in [0.05, 0.1) is 0 Å². The highest BCUT2D eigenvalue weighted by Crippen LogP contribution is 2.39. The van der Waals surface area contributed by atoms with Crippen LogP contribution in [0.5, 0.6) is 0 Å². The third-order valence-corrected chi connectivity index (χ3v) is 20.4. The normalized spacial score (nSPS) is 12.2. The van der Waals surface area contributed by atoms with Gasteiger partial charge in [0.2, 0.25) is 0 Å². The van der Waals surface area contributed by atoms with Crippen molar-refractivity contribution in [3.05, 3.63) is 58.3 Å². The van der Waals surface area contributed by atoms with Crippen LogP contribution in [-0.2, 0) is 0 Å². The second kappa shape index (κ2) is 11.0. The zero-order valence-corrected chi connectivity index (χ0v) is 27.3. The van der Waals surface area contributed by atoms with Gasteiger partial charge >= 0.3 is 0 Å². The first-order chi connectivity index (χ1) is 18.5. The highest BCUT2D eigenvalue weighted by atomic mass is 32.1. The molecule has 0 nitrogen and oxygen atoms in total. The van der Waals surface area contributed by atoms with E-state index in [0.717, 1.165) is 0 Å². The number of thiophene rings is 2. The van der Waals surface area contributed by atoms with Gasteiger partial charge in [-0.05, 0) is 68.7 Å².